The normalized spacial score (nSPS) is 10.3. The van der Waals surface area contributed by atoms with E-state index in [1.807, 2.05) is 30.3 Å². The quantitative estimate of drug-likeness (QED) is 0.679. The Morgan fingerprint density at radius 2 is 1.69 bits per heavy atom. The fraction of sp³-hybridized carbons (Fsp3) is 0.111. The molecule has 3 aromatic rings. The Bertz CT molecular complexity index is 914. The molecule has 132 valence electrons. The summed E-state index contributed by atoms with van der Waals surface area (Å²) in [4.78, 5) is 24.3. The van der Waals surface area contributed by atoms with Gasteiger partial charge >= 0.3 is 0 Å². The zero-order valence-corrected chi connectivity index (χ0v) is 15.2. The number of aromatic nitrogens is 2. The molecule has 2 N–H and O–H groups in total. The molecule has 0 fully saturated rings. The van der Waals surface area contributed by atoms with Crippen LogP contribution in [0.3, 0.4) is 0 Å². The minimum absolute atomic E-state index is 0.109. The molecule has 3 rings (SSSR count). The lowest BCUT2D eigenvalue weighted by atomic mass is 10.1. The molecule has 1 heterocycles. The lowest BCUT2D eigenvalue weighted by Crippen LogP contribution is -2.25. The van der Waals surface area contributed by atoms with E-state index >= 15 is 0 Å². The van der Waals surface area contributed by atoms with E-state index in [0.29, 0.717) is 23.7 Å². The number of nitrogens with one attached hydrogen (secondary N) is 2. The van der Waals surface area contributed by atoms with Crippen LogP contribution in [0, 0.1) is 0 Å². The van der Waals surface area contributed by atoms with Gasteiger partial charge in [0.05, 0.1) is 0 Å². The number of halogens is 1. The van der Waals surface area contributed by atoms with Crippen LogP contribution in [0.25, 0.3) is 0 Å². The Morgan fingerprint density at radius 3 is 2.42 bits per heavy atom. The molecule has 0 spiro atoms. The van der Waals surface area contributed by atoms with E-state index in [-0.39, 0.29) is 15.9 Å². The Morgan fingerprint density at radius 1 is 0.962 bits per heavy atom. The summed E-state index contributed by atoms with van der Waals surface area (Å²) in [5.74, 6) is -0.784. The first kappa shape index (κ1) is 18.0. The molecule has 1 aromatic heterocycles. The smallest absolute Gasteiger partial charge is 0.286 e. The van der Waals surface area contributed by atoms with Crippen molar-refractivity contribution in [2.24, 2.45) is 0 Å². The third-order valence-corrected chi connectivity index (χ3v) is 4.59. The van der Waals surface area contributed by atoms with Crippen LogP contribution in [-0.2, 0) is 6.42 Å². The van der Waals surface area contributed by atoms with Crippen molar-refractivity contribution in [3.05, 3.63) is 75.2 Å². The third-order valence-electron chi connectivity index (χ3n) is 3.44. The summed E-state index contributed by atoms with van der Waals surface area (Å²) in [7, 11) is 0. The number of amides is 2. The van der Waals surface area contributed by atoms with Crippen LogP contribution in [0.15, 0.2) is 54.6 Å². The highest BCUT2D eigenvalue weighted by atomic mass is 35.5. The van der Waals surface area contributed by atoms with Crippen molar-refractivity contribution < 1.29 is 9.59 Å². The minimum atomic E-state index is -0.437. The highest BCUT2D eigenvalue weighted by molar-refractivity contribution is 7.15. The number of carbonyl (C=O) groups excluding carboxylic acids is 2. The molecule has 2 aromatic carbocycles. The standard InChI is InChI=1S/C18H15ClN4O2S/c19-13-7-4-8-14(11-13)21-16(25)18-23-22-17(26-18)15(24)20-10-9-12-5-2-1-3-6-12/h1-8,11H,9-10H2,(H,20,24)(H,21,25). The second-order valence-electron chi connectivity index (χ2n) is 5.37. The average molecular weight is 387 g/mol. The molecule has 0 radical (unpaired) electrons. The van der Waals surface area contributed by atoms with E-state index in [2.05, 4.69) is 20.8 Å². The van der Waals surface area contributed by atoms with Crippen LogP contribution in [-0.4, -0.2) is 28.6 Å². The van der Waals surface area contributed by atoms with Crippen LogP contribution in [0.2, 0.25) is 5.02 Å². The average Bonchev–Trinajstić information content (AvgIpc) is 3.13. The number of carbonyl (C=O) groups is 2. The number of rotatable bonds is 6. The van der Waals surface area contributed by atoms with Gasteiger partial charge in [0.2, 0.25) is 10.0 Å². The first-order valence-corrected chi connectivity index (χ1v) is 9.04. The van der Waals surface area contributed by atoms with E-state index in [9.17, 15) is 9.59 Å². The van der Waals surface area contributed by atoms with Crippen molar-refractivity contribution in [1.82, 2.24) is 15.5 Å². The maximum Gasteiger partial charge on any atom is 0.286 e. The summed E-state index contributed by atoms with van der Waals surface area (Å²) in [6.45, 7) is 0.479. The van der Waals surface area contributed by atoms with Crippen molar-refractivity contribution in [2.45, 2.75) is 6.42 Å². The van der Waals surface area contributed by atoms with Crippen molar-refractivity contribution in [2.75, 3.05) is 11.9 Å². The summed E-state index contributed by atoms with van der Waals surface area (Å²) in [5.41, 5.74) is 1.68. The molecule has 0 bridgehead atoms. The van der Waals surface area contributed by atoms with Gasteiger partial charge in [0.1, 0.15) is 0 Å². The van der Waals surface area contributed by atoms with Crippen LogP contribution >= 0.6 is 22.9 Å². The number of benzene rings is 2. The van der Waals surface area contributed by atoms with Crippen LogP contribution < -0.4 is 10.6 Å². The topological polar surface area (TPSA) is 84.0 Å². The molecule has 0 saturated heterocycles. The Labute approximate surface area is 159 Å². The van der Waals surface area contributed by atoms with Gasteiger partial charge in [0.25, 0.3) is 11.8 Å². The second kappa shape index (κ2) is 8.55. The summed E-state index contributed by atoms with van der Waals surface area (Å²) < 4.78 is 0. The molecule has 8 heteroatoms. The summed E-state index contributed by atoms with van der Waals surface area (Å²) in [6, 6.07) is 16.6. The van der Waals surface area contributed by atoms with Crippen LogP contribution in [0.1, 0.15) is 25.2 Å². The molecule has 2 amide bonds. The van der Waals surface area contributed by atoms with Gasteiger partial charge in [-0.05, 0) is 30.2 Å². The van der Waals surface area contributed by atoms with Crippen molar-refractivity contribution in [3.8, 4) is 0 Å². The predicted octanol–water partition coefficient (Wildman–Crippen LogP) is 3.42. The van der Waals surface area contributed by atoms with Crippen molar-refractivity contribution in [3.63, 3.8) is 0 Å². The van der Waals surface area contributed by atoms with Crippen molar-refractivity contribution >= 4 is 40.4 Å². The predicted molar refractivity (Wildman–Crippen MR) is 102 cm³/mol. The van der Waals surface area contributed by atoms with E-state index in [4.69, 9.17) is 11.6 Å². The summed E-state index contributed by atoms with van der Waals surface area (Å²) in [5, 5.41) is 13.8. The van der Waals surface area contributed by atoms with Gasteiger partial charge in [0.15, 0.2) is 0 Å². The molecular formula is C18H15ClN4O2S. The molecule has 0 atom stereocenters. The molecule has 0 aliphatic carbocycles. The van der Waals surface area contributed by atoms with E-state index in [1.165, 1.54) is 0 Å². The monoisotopic (exact) mass is 386 g/mol. The molecule has 26 heavy (non-hydrogen) atoms. The molecule has 0 saturated carbocycles. The molecular weight excluding hydrogens is 372 g/mol. The minimum Gasteiger partial charge on any atom is -0.350 e. The van der Waals surface area contributed by atoms with Gasteiger partial charge < -0.3 is 10.6 Å². The lowest BCUT2D eigenvalue weighted by Gasteiger charge is -2.03. The molecule has 0 aliphatic rings. The number of anilines is 1. The van der Waals surface area contributed by atoms with Gasteiger partial charge in [-0.15, -0.1) is 10.2 Å². The summed E-state index contributed by atoms with van der Waals surface area (Å²) in [6.07, 6.45) is 0.716. The zero-order chi connectivity index (χ0) is 18.4. The molecule has 6 nitrogen and oxygen atoms in total. The van der Waals surface area contributed by atoms with Gasteiger partial charge in [-0.2, -0.15) is 0 Å². The van der Waals surface area contributed by atoms with Crippen LogP contribution in [0.5, 0.6) is 0 Å². The maximum atomic E-state index is 12.2. The second-order valence-corrected chi connectivity index (χ2v) is 6.78. The largest absolute Gasteiger partial charge is 0.350 e. The number of nitrogens with zero attached hydrogens (tertiary/aromatic N) is 2. The van der Waals surface area contributed by atoms with E-state index in [1.54, 1.807) is 24.3 Å². The number of hydrogen-bond donors (Lipinski definition) is 2. The van der Waals surface area contributed by atoms with Gasteiger partial charge in [-0.25, -0.2) is 0 Å². The Kier molecular flexibility index (Phi) is 5.93. The molecule has 0 unspecified atom stereocenters. The van der Waals surface area contributed by atoms with Gasteiger partial charge in [-0.1, -0.05) is 59.3 Å². The first-order valence-electron chi connectivity index (χ1n) is 7.84. The molecule has 0 aliphatic heterocycles. The van der Waals surface area contributed by atoms with Crippen LogP contribution in [0.4, 0.5) is 5.69 Å². The third kappa shape index (κ3) is 4.87. The first-order chi connectivity index (χ1) is 12.6. The number of hydrogen-bond acceptors (Lipinski definition) is 5. The van der Waals surface area contributed by atoms with Gasteiger partial charge in [0, 0.05) is 17.3 Å². The SMILES string of the molecule is O=C(NCCc1ccccc1)c1nnc(C(=O)Nc2cccc(Cl)c2)s1. The Hall–Kier alpha value is -2.77. The maximum absolute atomic E-state index is 12.2. The highest BCUT2D eigenvalue weighted by Gasteiger charge is 2.17. The zero-order valence-electron chi connectivity index (χ0n) is 13.6. The van der Waals surface area contributed by atoms with E-state index in [0.717, 1.165) is 16.9 Å². The fourth-order valence-corrected chi connectivity index (χ4v) is 3.04. The lowest BCUT2D eigenvalue weighted by molar-refractivity contribution is 0.0951. The summed E-state index contributed by atoms with van der Waals surface area (Å²) >= 11 is 6.82. The van der Waals surface area contributed by atoms with Gasteiger partial charge in [-0.3, -0.25) is 9.59 Å². The highest BCUT2D eigenvalue weighted by Crippen LogP contribution is 2.17. The Balaban J connectivity index is 1.54. The fourth-order valence-electron chi connectivity index (χ4n) is 2.20. The van der Waals surface area contributed by atoms with Crippen molar-refractivity contribution in [1.29, 1.82) is 0 Å². The van der Waals surface area contributed by atoms with E-state index < -0.39 is 5.91 Å².